The van der Waals surface area contributed by atoms with Gasteiger partial charge in [0, 0.05) is 12.6 Å². The molecule has 2 heterocycles. The zero-order chi connectivity index (χ0) is 19.6. The summed E-state index contributed by atoms with van der Waals surface area (Å²) < 4.78 is 23.2. The van der Waals surface area contributed by atoms with Gasteiger partial charge in [-0.25, -0.2) is 8.42 Å². The van der Waals surface area contributed by atoms with Gasteiger partial charge in [0.2, 0.25) is 11.8 Å². The first-order chi connectivity index (χ1) is 12.8. The number of sulfone groups is 1. The van der Waals surface area contributed by atoms with E-state index in [2.05, 4.69) is 5.32 Å². The molecule has 3 rings (SSSR count). The summed E-state index contributed by atoms with van der Waals surface area (Å²) in [6, 6.07) is 6.40. The van der Waals surface area contributed by atoms with E-state index in [1.165, 1.54) is 0 Å². The molecule has 2 saturated heterocycles. The van der Waals surface area contributed by atoms with Crippen LogP contribution in [0.5, 0.6) is 0 Å². The van der Waals surface area contributed by atoms with Crippen molar-refractivity contribution < 1.29 is 18.0 Å². The summed E-state index contributed by atoms with van der Waals surface area (Å²) in [5.41, 5.74) is 0.649. The number of anilines is 1. The van der Waals surface area contributed by atoms with Gasteiger partial charge in [-0.1, -0.05) is 23.7 Å². The minimum atomic E-state index is -3.00. The lowest BCUT2D eigenvalue weighted by molar-refractivity contribution is -0.129. The van der Waals surface area contributed by atoms with Crippen molar-refractivity contribution in [2.75, 3.05) is 36.5 Å². The second-order valence-corrected chi connectivity index (χ2v) is 9.81. The Bertz CT molecular complexity index is 830. The summed E-state index contributed by atoms with van der Waals surface area (Å²) in [5, 5.41) is 3.30. The maximum absolute atomic E-state index is 12.8. The molecule has 2 aliphatic heterocycles. The predicted molar refractivity (Wildman–Crippen MR) is 105 cm³/mol. The van der Waals surface area contributed by atoms with Crippen LogP contribution in [-0.2, 0) is 19.4 Å². The van der Waals surface area contributed by atoms with Crippen molar-refractivity contribution in [3.05, 3.63) is 29.3 Å². The largest absolute Gasteiger partial charge is 0.343 e. The highest BCUT2D eigenvalue weighted by Crippen LogP contribution is 2.28. The number of carbonyl (C=O) groups is 2. The number of halogens is 1. The molecule has 0 saturated carbocycles. The maximum Gasteiger partial charge on any atom is 0.249 e. The molecule has 0 unspecified atom stereocenters. The second kappa shape index (κ2) is 8.16. The smallest absolute Gasteiger partial charge is 0.249 e. The Morgan fingerprint density at radius 2 is 2.07 bits per heavy atom. The summed E-state index contributed by atoms with van der Waals surface area (Å²) in [5.74, 6) is -0.202. The van der Waals surface area contributed by atoms with E-state index in [0.717, 1.165) is 6.42 Å². The first-order valence-electron chi connectivity index (χ1n) is 9.03. The Morgan fingerprint density at radius 1 is 1.33 bits per heavy atom. The van der Waals surface area contributed by atoms with Crippen LogP contribution in [0.1, 0.15) is 19.3 Å². The van der Waals surface area contributed by atoms with Gasteiger partial charge in [0.25, 0.3) is 0 Å². The lowest BCUT2D eigenvalue weighted by atomic mass is 10.0. The van der Waals surface area contributed by atoms with Crippen LogP contribution in [0.25, 0.3) is 0 Å². The van der Waals surface area contributed by atoms with Crippen LogP contribution in [0.15, 0.2) is 24.3 Å². The molecular formula is C18H24ClN3O4S. The second-order valence-electron chi connectivity index (χ2n) is 7.18. The van der Waals surface area contributed by atoms with E-state index in [0.29, 0.717) is 30.1 Å². The van der Waals surface area contributed by atoms with E-state index in [-0.39, 0.29) is 35.9 Å². The molecule has 0 spiro atoms. The summed E-state index contributed by atoms with van der Waals surface area (Å²) in [6.07, 6.45) is 1.88. The number of nitrogens with zero attached hydrogens (tertiary/aromatic N) is 2. The normalized spacial score (nSPS) is 25.0. The number of benzene rings is 1. The predicted octanol–water partition coefficient (Wildman–Crippen LogP) is 1.07. The molecule has 27 heavy (non-hydrogen) atoms. The Kier molecular flexibility index (Phi) is 6.08. The quantitative estimate of drug-likeness (QED) is 0.780. The summed E-state index contributed by atoms with van der Waals surface area (Å²) in [4.78, 5) is 28.6. The van der Waals surface area contributed by atoms with Crippen LogP contribution in [0.2, 0.25) is 5.02 Å². The fraction of sp³-hybridized carbons (Fsp3) is 0.556. The molecule has 0 bridgehead atoms. The van der Waals surface area contributed by atoms with E-state index >= 15 is 0 Å². The Hall–Kier alpha value is -1.64. The number of piperidine rings is 1. The highest BCUT2D eigenvalue weighted by Gasteiger charge is 2.34. The van der Waals surface area contributed by atoms with Crippen molar-refractivity contribution in [3.63, 3.8) is 0 Å². The van der Waals surface area contributed by atoms with E-state index in [1.54, 1.807) is 35.0 Å². The van der Waals surface area contributed by atoms with E-state index in [9.17, 15) is 18.0 Å². The highest BCUT2D eigenvalue weighted by atomic mass is 35.5. The van der Waals surface area contributed by atoms with Crippen molar-refractivity contribution in [1.29, 1.82) is 0 Å². The molecule has 1 N–H and O–H groups in total. The number of hydrogen-bond acceptors (Lipinski definition) is 5. The van der Waals surface area contributed by atoms with Crippen LogP contribution in [0.3, 0.4) is 0 Å². The monoisotopic (exact) mass is 413 g/mol. The average Bonchev–Trinajstić information content (AvgIpc) is 2.98. The van der Waals surface area contributed by atoms with Gasteiger partial charge in [0.1, 0.15) is 6.04 Å². The molecular weight excluding hydrogens is 390 g/mol. The Balaban J connectivity index is 1.59. The van der Waals surface area contributed by atoms with Gasteiger partial charge in [-0.2, -0.15) is 0 Å². The number of nitrogens with one attached hydrogen (secondary N) is 1. The van der Waals surface area contributed by atoms with Crippen LogP contribution in [0, 0.1) is 0 Å². The van der Waals surface area contributed by atoms with Gasteiger partial charge < -0.3 is 10.2 Å². The zero-order valence-electron chi connectivity index (χ0n) is 15.2. The number of carbonyl (C=O) groups excluding carboxylic acids is 2. The molecule has 0 aliphatic carbocycles. The van der Waals surface area contributed by atoms with Crippen LogP contribution < -0.4 is 10.2 Å². The molecule has 0 radical (unpaired) electrons. The van der Waals surface area contributed by atoms with E-state index in [4.69, 9.17) is 11.6 Å². The lowest BCUT2D eigenvalue weighted by Crippen LogP contribution is -2.54. The number of likely N-dealkylation sites (N-methyl/N-ethyl adjacent to an activating group) is 1. The maximum atomic E-state index is 12.8. The Labute approximate surface area is 164 Å². The lowest BCUT2D eigenvalue weighted by Gasteiger charge is -2.33. The number of para-hydroxylation sites is 1. The van der Waals surface area contributed by atoms with E-state index in [1.807, 2.05) is 6.07 Å². The minimum absolute atomic E-state index is 0.0655. The number of hydrogen-bond donors (Lipinski definition) is 1. The molecule has 7 nitrogen and oxygen atoms in total. The molecule has 0 aromatic heterocycles. The number of rotatable bonds is 5. The zero-order valence-corrected chi connectivity index (χ0v) is 16.8. The van der Waals surface area contributed by atoms with Gasteiger partial charge in [-0.3, -0.25) is 14.5 Å². The highest BCUT2D eigenvalue weighted by molar-refractivity contribution is 7.91. The van der Waals surface area contributed by atoms with Gasteiger partial charge in [0.15, 0.2) is 9.84 Å². The van der Waals surface area contributed by atoms with Crippen molar-refractivity contribution in [2.24, 2.45) is 0 Å². The first-order valence-corrected chi connectivity index (χ1v) is 11.2. The fourth-order valence-electron chi connectivity index (χ4n) is 3.64. The molecule has 148 valence electrons. The molecule has 2 fully saturated rings. The third-order valence-corrected chi connectivity index (χ3v) is 7.21. The molecule has 1 aromatic rings. The first kappa shape index (κ1) is 20.1. The van der Waals surface area contributed by atoms with Gasteiger partial charge in [0.05, 0.1) is 28.8 Å². The average molecular weight is 414 g/mol. The van der Waals surface area contributed by atoms with Crippen LogP contribution in [-0.4, -0.2) is 68.9 Å². The third kappa shape index (κ3) is 4.80. The fourth-order valence-corrected chi connectivity index (χ4v) is 5.68. The summed E-state index contributed by atoms with van der Waals surface area (Å²) >= 11 is 6.20. The summed E-state index contributed by atoms with van der Waals surface area (Å²) in [7, 11) is -1.26. The molecule has 9 heteroatoms. The van der Waals surface area contributed by atoms with Crippen molar-refractivity contribution in [3.8, 4) is 0 Å². The summed E-state index contributed by atoms with van der Waals surface area (Å²) in [6.45, 7) is 0.630. The van der Waals surface area contributed by atoms with Crippen LogP contribution in [0.4, 0.5) is 5.69 Å². The topological polar surface area (TPSA) is 86.8 Å². The van der Waals surface area contributed by atoms with E-state index < -0.39 is 15.9 Å². The van der Waals surface area contributed by atoms with Gasteiger partial charge in [-0.15, -0.1) is 0 Å². The van der Waals surface area contributed by atoms with Gasteiger partial charge in [-0.05, 0) is 38.4 Å². The van der Waals surface area contributed by atoms with Gasteiger partial charge >= 0.3 is 0 Å². The molecule has 1 aromatic carbocycles. The molecule has 2 aliphatic rings. The molecule has 2 amide bonds. The number of amides is 2. The van der Waals surface area contributed by atoms with Crippen molar-refractivity contribution >= 4 is 38.9 Å². The van der Waals surface area contributed by atoms with Crippen molar-refractivity contribution in [1.82, 2.24) is 10.2 Å². The SMILES string of the molecule is CN(CC(=O)N[C@H]1CCCN(c2ccccc2Cl)C1=O)[C@H]1CCS(=O)(=O)C1. The van der Waals surface area contributed by atoms with Crippen molar-refractivity contribution in [2.45, 2.75) is 31.3 Å². The third-order valence-electron chi connectivity index (χ3n) is 5.14. The van der Waals surface area contributed by atoms with Crippen LogP contribution >= 0.6 is 11.6 Å². The minimum Gasteiger partial charge on any atom is -0.343 e. The standard InChI is InChI=1S/C18H24ClN3O4S/c1-21(13-8-10-27(25,26)12-13)11-17(23)20-15-6-4-9-22(18(15)24)16-7-3-2-5-14(16)19/h2-3,5,7,13,15H,4,6,8-12H2,1H3,(H,20,23)/t13-,15-/m0/s1. The molecule has 2 atom stereocenters. The Morgan fingerprint density at radius 3 is 2.74 bits per heavy atom.